The van der Waals surface area contributed by atoms with Gasteiger partial charge in [-0.3, -0.25) is 9.48 Å². The Labute approximate surface area is 255 Å². The molecule has 0 radical (unpaired) electrons. The quantitative estimate of drug-likeness (QED) is 0.422. The van der Waals surface area contributed by atoms with Gasteiger partial charge in [-0.15, -0.1) is 0 Å². The number of likely N-dealkylation sites (tertiary alicyclic amines) is 1. The molecule has 3 aromatic rings. The van der Waals surface area contributed by atoms with Crippen molar-refractivity contribution in [3.63, 3.8) is 0 Å². The lowest BCUT2D eigenvalue weighted by molar-refractivity contribution is -0.140. The van der Waals surface area contributed by atoms with Crippen LogP contribution in [0.1, 0.15) is 53.3 Å². The van der Waals surface area contributed by atoms with Crippen LogP contribution in [-0.2, 0) is 22.6 Å². The number of rotatable bonds is 2. The Kier molecular flexibility index (Phi) is 9.16. The van der Waals surface area contributed by atoms with E-state index in [-0.39, 0.29) is 30.1 Å². The van der Waals surface area contributed by atoms with E-state index in [0.717, 1.165) is 50.2 Å². The number of benzene rings is 1. The fraction of sp³-hybridized carbons (Fsp3) is 0.562. The normalized spacial score (nSPS) is 23.0. The van der Waals surface area contributed by atoms with Crippen LogP contribution in [0, 0.1) is 17.8 Å². The smallest absolute Gasteiger partial charge is 0.381 e. The van der Waals surface area contributed by atoms with Gasteiger partial charge < -0.3 is 29.6 Å². The number of hydrogen-bond donors (Lipinski definition) is 2. The van der Waals surface area contributed by atoms with E-state index in [4.69, 9.17) is 9.47 Å². The molecule has 1 saturated carbocycles. The number of aromatic nitrogens is 3. The van der Waals surface area contributed by atoms with E-state index in [2.05, 4.69) is 39.5 Å². The van der Waals surface area contributed by atoms with Crippen LogP contribution < -0.4 is 10.6 Å². The SMILES string of the molecule is CN1CC[C@@H]2Nc3cccc4c3cc(n4CC(F)(F)F)C#CCNC(=O)c3cnn(c3C3CC3)CCOCCOCC[C@H]2C1. The third kappa shape index (κ3) is 7.22. The average molecular weight is 613 g/mol. The molecule has 6 rings (SSSR count). The lowest BCUT2D eigenvalue weighted by atomic mass is 9.89. The lowest BCUT2D eigenvalue weighted by Gasteiger charge is -2.38. The molecule has 2 aromatic heterocycles. The summed E-state index contributed by atoms with van der Waals surface area (Å²) < 4.78 is 55.9. The highest BCUT2D eigenvalue weighted by atomic mass is 19.4. The molecule has 4 bridgehead atoms. The number of alkyl halides is 3. The predicted octanol–water partition coefficient (Wildman–Crippen LogP) is 4.23. The molecule has 9 nitrogen and oxygen atoms in total. The number of amides is 1. The van der Waals surface area contributed by atoms with Gasteiger partial charge >= 0.3 is 6.18 Å². The number of anilines is 1. The zero-order chi connectivity index (χ0) is 30.7. The molecule has 4 heterocycles. The van der Waals surface area contributed by atoms with Crippen molar-refractivity contribution in [3.05, 3.63) is 47.4 Å². The minimum absolute atomic E-state index is 0.00679. The van der Waals surface area contributed by atoms with Crippen LogP contribution in [0.4, 0.5) is 18.9 Å². The Hall–Kier alpha value is -3.53. The fourth-order valence-corrected chi connectivity index (χ4v) is 6.36. The van der Waals surface area contributed by atoms with Crippen LogP contribution in [0.15, 0.2) is 30.5 Å². The Morgan fingerprint density at radius 2 is 1.89 bits per heavy atom. The van der Waals surface area contributed by atoms with Crippen molar-refractivity contribution in [2.24, 2.45) is 5.92 Å². The minimum atomic E-state index is -4.42. The number of piperidine rings is 1. The molecule has 12 heteroatoms. The maximum Gasteiger partial charge on any atom is 0.406 e. The van der Waals surface area contributed by atoms with Crippen LogP contribution in [0.5, 0.6) is 0 Å². The highest BCUT2D eigenvalue weighted by molar-refractivity contribution is 5.96. The number of carbonyl (C=O) groups excluding carboxylic acids is 1. The molecule has 44 heavy (non-hydrogen) atoms. The Balaban J connectivity index is 1.31. The van der Waals surface area contributed by atoms with Gasteiger partial charge in [-0.2, -0.15) is 18.3 Å². The summed E-state index contributed by atoms with van der Waals surface area (Å²) in [4.78, 5) is 15.4. The van der Waals surface area contributed by atoms with Crippen molar-refractivity contribution >= 4 is 22.5 Å². The van der Waals surface area contributed by atoms with Crippen LogP contribution in [0.25, 0.3) is 10.9 Å². The molecule has 0 spiro atoms. The van der Waals surface area contributed by atoms with Crippen LogP contribution >= 0.6 is 0 Å². The van der Waals surface area contributed by atoms with E-state index in [1.807, 2.05) is 10.7 Å². The van der Waals surface area contributed by atoms with E-state index < -0.39 is 12.7 Å². The van der Waals surface area contributed by atoms with Gasteiger partial charge in [0.05, 0.1) is 61.6 Å². The first kappa shape index (κ1) is 30.5. The first-order chi connectivity index (χ1) is 21.3. The zero-order valence-corrected chi connectivity index (χ0v) is 25.0. The van der Waals surface area contributed by atoms with E-state index in [1.165, 1.54) is 4.57 Å². The zero-order valence-electron chi connectivity index (χ0n) is 25.0. The second-order valence-electron chi connectivity index (χ2n) is 12.0. The van der Waals surface area contributed by atoms with E-state index >= 15 is 0 Å². The molecule has 3 aliphatic rings. The molecule has 1 aromatic carbocycles. The van der Waals surface area contributed by atoms with Crippen LogP contribution in [0.2, 0.25) is 0 Å². The van der Waals surface area contributed by atoms with E-state index in [9.17, 15) is 18.0 Å². The van der Waals surface area contributed by atoms with Crippen molar-refractivity contribution in [2.75, 3.05) is 58.4 Å². The van der Waals surface area contributed by atoms with Gasteiger partial charge in [0.15, 0.2) is 0 Å². The van der Waals surface area contributed by atoms with Gasteiger partial charge in [0.1, 0.15) is 6.54 Å². The number of carbonyl (C=O) groups is 1. The summed E-state index contributed by atoms with van der Waals surface area (Å²) in [7, 11) is 2.11. The van der Waals surface area contributed by atoms with Crippen molar-refractivity contribution in [1.82, 2.24) is 24.6 Å². The van der Waals surface area contributed by atoms with Crippen LogP contribution in [0.3, 0.4) is 0 Å². The van der Waals surface area contributed by atoms with Gasteiger partial charge in [-0.1, -0.05) is 12.0 Å². The summed E-state index contributed by atoms with van der Waals surface area (Å²) in [6, 6.07) is 7.26. The van der Waals surface area contributed by atoms with Crippen molar-refractivity contribution < 1.29 is 27.4 Å². The molecule has 2 atom stereocenters. The highest BCUT2D eigenvalue weighted by Gasteiger charge is 2.33. The molecule has 1 aliphatic carbocycles. The third-order valence-corrected chi connectivity index (χ3v) is 8.66. The number of halogens is 3. The molecular formula is C32H39F3N6O3. The highest BCUT2D eigenvalue weighted by Crippen LogP contribution is 2.41. The Morgan fingerprint density at radius 1 is 1.07 bits per heavy atom. The summed E-state index contributed by atoms with van der Waals surface area (Å²) in [6.07, 6.45) is 0.910. The maximum atomic E-state index is 13.7. The summed E-state index contributed by atoms with van der Waals surface area (Å²) in [5.41, 5.74) is 2.90. The van der Waals surface area contributed by atoms with Crippen LogP contribution in [-0.4, -0.2) is 90.5 Å². The van der Waals surface area contributed by atoms with Gasteiger partial charge in [-0.05, 0) is 69.3 Å². The molecule has 1 saturated heterocycles. The van der Waals surface area contributed by atoms with Crippen molar-refractivity contribution in [2.45, 2.75) is 56.9 Å². The predicted molar refractivity (Wildman–Crippen MR) is 161 cm³/mol. The summed E-state index contributed by atoms with van der Waals surface area (Å²) >= 11 is 0. The van der Waals surface area contributed by atoms with Gasteiger partial charge in [0.2, 0.25) is 0 Å². The largest absolute Gasteiger partial charge is 0.406 e. The number of ether oxygens (including phenoxy) is 2. The first-order valence-corrected chi connectivity index (χ1v) is 15.4. The number of nitrogens with one attached hydrogen (secondary N) is 2. The van der Waals surface area contributed by atoms with Gasteiger partial charge in [-0.25, -0.2) is 0 Å². The standard InChI is InChI=1S/C32H39F3N6O3/c1-39-12-9-27-23(20-39)10-14-43-16-17-44-15-13-41-30(22-7-8-22)26(19-37-41)31(42)36-11-3-4-24-18-25-28(38-27)5-2-6-29(25)40(24)21-32(33,34)35/h2,5-6,18-19,22-23,27,38H,7-17,20-21H2,1H3,(H,36,42)/t23-,27-/m0/s1. The molecule has 236 valence electrons. The average Bonchev–Trinajstić information content (AvgIpc) is 3.64. The molecule has 2 N–H and O–H groups in total. The molecule has 1 amide bonds. The molecule has 2 aliphatic heterocycles. The third-order valence-electron chi connectivity index (χ3n) is 8.66. The number of fused-ring (bicyclic) bond motifs is 4. The molecule has 0 unspecified atom stereocenters. The van der Waals surface area contributed by atoms with Gasteiger partial charge in [0.25, 0.3) is 5.91 Å². The summed E-state index contributed by atoms with van der Waals surface area (Å²) in [6.45, 7) is 3.21. The Bertz CT molecular complexity index is 1530. The van der Waals surface area contributed by atoms with Gasteiger partial charge in [0, 0.05) is 36.2 Å². The summed E-state index contributed by atoms with van der Waals surface area (Å²) in [5.74, 6) is 6.08. The molecular weight excluding hydrogens is 573 g/mol. The van der Waals surface area contributed by atoms with Crippen molar-refractivity contribution in [3.8, 4) is 11.8 Å². The van der Waals surface area contributed by atoms with Crippen molar-refractivity contribution in [1.29, 1.82) is 0 Å². The second kappa shape index (κ2) is 13.2. The van der Waals surface area contributed by atoms with E-state index in [1.54, 1.807) is 24.4 Å². The Morgan fingerprint density at radius 3 is 2.68 bits per heavy atom. The number of hydrogen-bond acceptors (Lipinski definition) is 6. The topological polar surface area (TPSA) is 85.6 Å². The second-order valence-corrected chi connectivity index (χ2v) is 12.0. The lowest BCUT2D eigenvalue weighted by Crippen LogP contribution is -2.45. The first-order valence-electron chi connectivity index (χ1n) is 15.4. The number of nitrogens with zero attached hydrogens (tertiary/aromatic N) is 4. The maximum absolute atomic E-state index is 13.7. The molecule has 2 fully saturated rings. The monoisotopic (exact) mass is 612 g/mol. The summed E-state index contributed by atoms with van der Waals surface area (Å²) in [5, 5.41) is 11.6. The minimum Gasteiger partial charge on any atom is -0.381 e. The van der Waals surface area contributed by atoms with E-state index in [0.29, 0.717) is 55.4 Å². The fourth-order valence-electron chi connectivity index (χ4n) is 6.36.